The van der Waals surface area contributed by atoms with Crippen molar-refractivity contribution >= 4 is 48.3 Å². The van der Waals surface area contributed by atoms with E-state index in [0.717, 1.165) is 63.4 Å². The minimum atomic E-state index is -4.26. The van der Waals surface area contributed by atoms with Crippen molar-refractivity contribution in [3.8, 4) is 0 Å². The molecule has 0 spiro atoms. The Labute approximate surface area is 278 Å². The number of piperidine rings is 1. The molecule has 3 aromatic heterocycles. The molecule has 47 heavy (non-hydrogen) atoms. The van der Waals surface area contributed by atoms with E-state index in [0.29, 0.717) is 34.9 Å². The first-order valence-electron chi connectivity index (χ1n) is 16.2. The summed E-state index contributed by atoms with van der Waals surface area (Å²) in [6, 6.07) is 8.83. The quantitative estimate of drug-likeness (QED) is 0.241. The van der Waals surface area contributed by atoms with Crippen LogP contribution < -0.4 is 5.32 Å². The summed E-state index contributed by atoms with van der Waals surface area (Å²) >= 11 is 1.09. The number of aromatic nitrogens is 3. The van der Waals surface area contributed by atoms with Crippen molar-refractivity contribution in [2.45, 2.75) is 78.3 Å². The fourth-order valence-corrected chi connectivity index (χ4v) is 9.00. The zero-order chi connectivity index (χ0) is 33.7. The van der Waals surface area contributed by atoms with E-state index in [9.17, 15) is 21.6 Å². The van der Waals surface area contributed by atoms with Crippen LogP contribution in [-0.2, 0) is 29.5 Å². The number of thiophene rings is 1. The molecule has 0 radical (unpaired) electrons. The topological polar surface area (TPSA) is 86.6 Å². The fourth-order valence-electron chi connectivity index (χ4n) is 7.07. The van der Waals surface area contributed by atoms with Gasteiger partial charge in [-0.25, -0.2) is 18.4 Å². The van der Waals surface area contributed by atoms with Crippen LogP contribution >= 0.6 is 11.3 Å². The lowest BCUT2D eigenvalue weighted by Crippen LogP contribution is -2.51. The summed E-state index contributed by atoms with van der Waals surface area (Å²) in [4.78, 5) is 14.6. The van der Waals surface area contributed by atoms with E-state index in [2.05, 4.69) is 68.6 Å². The van der Waals surface area contributed by atoms with Gasteiger partial charge in [-0.2, -0.15) is 17.5 Å². The zero-order valence-corrected chi connectivity index (χ0v) is 29.3. The Bertz CT molecular complexity index is 1860. The number of halogens is 3. The van der Waals surface area contributed by atoms with Crippen molar-refractivity contribution in [1.29, 1.82) is 0 Å². The number of hydrogen-bond donors (Lipinski definition) is 1. The number of sulfonamides is 1. The molecule has 0 amide bonds. The molecule has 0 aliphatic carbocycles. The molecule has 6 rings (SSSR count). The SMILES string of the molecule is Cc1nc(NC2CCN(Cc3ccc4c(cc(C)n4C[C@H](C)N4CCN(S(C)(=O)=O)CC4)c3C)CC2)c2cc(CC(F)(F)F)sc2n1. The van der Waals surface area contributed by atoms with Gasteiger partial charge in [0.05, 0.1) is 18.1 Å². The third kappa shape index (κ3) is 7.77. The molecule has 1 aromatic carbocycles. The molecule has 2 fully saturated rings. The van der Waals surface area contributed by atoms with Gasteiger partial charge in [0, 0.05) is 85.9 Å². The van der Waals surface area contributed by atoms with Gasteiger partial charge >= 0.3 is 6.18 Å². The van der Waals surface area contributed by atoms with Crippen LogP contribution in [0, 0.1) is 20.8 Å². The summed E-state index contributed by atoms with van der Waals surface area (Å²) in [5.74, 6) is 1.18. The molecule has 0 unspecified atom stereocenters. The van der Waals surface area contributed by atoms with Gasteiger partial charge in [0.25, 0.3) is 0 Å². The fraction of sp³-hybridized carbons (Fsp3) is 0.576. The third-order valence-electron chi connectivity index (χ3n) is 9.74. The molecule has 14 heteroatoms. The number of nitrogens with zero attached hydrogens (tertiary/aromatic N) is 6. The smallest absolute Gasteiger partial charge is 0.367 e. The van der Waals surface area contributed by atoms with Crippen LogP contribution in [0.3, 0.4) is 0 Å². The molecule has 2 aliphatic rings. The average Bonchev–Trinajstić information content (AvgIpc) is 3.54. The first-order chi connectivity index (χ1) is 22.1. The number of aryl methyl sites for hydroxylation is 3. The van der Waals surface area contributed by atoms with Crippen LogP contribution in [0.15, 0.2) is 24.3 Å². The van der Waals surface area contributed by atoms with Gasteiger partial charge in [0.1, 0.15) is 16.5 Å². The summed E-state index contributed by atoms with van der Waals surface area (Å²) in [5, 5.41) is 5.47. The molecular formula is C33H44F3N7O2S2. The highest BCUT2D eigenvalue weighted by Crippen LogP contribution is 2.34. The molecule has 1 atom stereocenters. The number of alkyl halides is 3. The average molecular weight is 692 g/mol. The minimum Gasteiger partial charge on any atom is -0.367 e. The summed E-state index contributed by atoms with van der Waals surface area (Å²) < 4.78 is 66.9. The van der Waals surface area contributed by atoms with Crippen molar-refractivity contribution in [2.75, 3.05) is 50.8 Å². The van der Waals surface area contributed by atoms with Crippen molar-refractivity contribution in [3.05, 3.63) is 51.8 Å². The lowest BCUT2D eigenvalue weighted by Gasteiger charge is -2.37. The molecule has 0 saturated carbocycles. The molecule has 1 N–H and O–H groups in total. The van der Waals surface area contributed by atoms with E-state index in [-0.39, 0.29) is 17.0 Å². The van der Waals surface area contributed by atoms with Gasteiger partial charge in [-0.05, 0) is 69.9 Å². The first kappa shape index (κ1) is 34.1. The maximum absolute atomic E-state index is 13.0. The standard InChI is InChI=1S/C33H44F3N7O2S2/c1-21-16-28-23(3)25(6-7-30(28)43(21)19-22(2)41-12-14-42(15-13-41)47(5,44)45)20-40-10-8-26(9-11-40)39-31-29-17-27(18-33(34,35)36)46-32(29)38-24(4)37-31/h6-7,16-17,22,26H,8-15,18-20H2,1-5H3,(H,37,38,39)/t22-/m0/s1. The molecule has 4 aromatic rings. The number of rotatable bonds is 9. The van der Waals surface area contributed by atoms with E-state index in [1.165, 1.54) is 34.0 Å². The maximum atomic E-state index is 13.0. The highest BCUT2D eigenvalue weighted by molar-refractivity contribution is 7.88. The maximum Gasteiger partial charge on any atom is 0.393 e. The van der Waals surface area contributed by atoms with Gasteiger partial charge in [-0.1, -0.05) is 6.07 Å². The normalized spacial score (nSPS) is 18.8. The first-order valence-corrected chi connectivity index (χ1v) is 18.9. The molecular weight excluding hydrogens is 648 g/mol. The minimum absolute atomic E-state index is 0.186. The van der Waals surface area contributed by atoms with Gasteiger partial charge in [-0.15, -0.1) is 11.3 Å². The van der Waals surface area contributed by atoms with Crippen LogP contribution in [0.4, 0.5) is 19.0 Å². The number of likely N-dealkylation sites (tertiary alicyclic amines) is 1. The largest absolute Gasteiger partial charge is 0.393 e. The predicted molar refractivity (Wildman–Crippen MR) is 183 cm³/mol. The Morgan fingerprint density at radius 3 is 2.36 bits per heavy atom. The number of piperazine rings is 1. The van der Waals surface area contributed by atoms with Crippen molar-refractivity contribution in [2.24, 2.45) is 0 Å². The molecule has 2 saturated heterocycles. The number of fused-ring (bicyclic) bond motifs is 2. The van der Waals surface area contributed by atoms with E-state index in [4.69, 9.17) is 0 Å². The molecule has 9 nitrogen and oxygen atoms in total. The van der Waals surface area contributed by atoms with E-state index in [1.807, 2.05) is 0 Å². The highest BCUT2D eigenvalue weighted by Gasteiger charge is 2.30. The Morgan fingerprint density at radius 2 is 1.70 bits per heavy atom. The Kier molecular flexibility index (Phi) is 9.62. The molecule has 2 aliphatic heterocycles. The van der Waals surface area contributed by atoms with Crippen LogP contribution in [0.5, 0.6) is 0 Å². The van der Waals surface area contributed by atoms with Crippen LogP contribution in [0.1, 0.15) is 47.3 Å². The van der Waals surface area contributed by atoms with Crippen molar-refractivity contribution in [1.82, 2.24) is 28.6 Å². The molecule has 5 heterocycles. The zero-order valence-electron chi connectivity index (χ0n) is 27.7. The second-order valence-electron chi connectivity index (χ2n) is 13.3. The summed E-state index contributed by atoms with van der Waals surface area (Å²) in [6.45, 7) is 14.4. The lowest BCUT2D eigenvalue weighted by molar-refractivity contribution is -0.126. The van der Waals surface area contributed by atoms with Crippen LogP contribution in [0.2, 0.25) is 0 Å². The monoisotopic (exact) mass is 691 g/mol. The Morgan fingerprint density at radius 1 is 1.00 bits per heavy atom. The third-order valence-corrected chi connectivity index (χ3v) is 12.1. The summed E-state index contributed by atoms with van der Waals surface area (Å²) in [7, 11) is -3.15. The van der Waals surface area contributed by atoms with Crippen molar-refractivity contribution in [3.63, 3.8) is 0 Å². The number of hydrogen-bond acceptors (Lipinski definition) is 8. The van der Waals surface area contributed by atoms with E-state index >= 15 is 0 Å². The number of anilines is 1. The molecule has 256 valence electrons. The summed E-state index contributed by atoms with van der Waals surface area (Å²) in [6.07, 6.45) is -2.10. The van der Waals surface area contributed by atoms with Crippen LogP contribution in [0.25, 0.3) is 21.1 Å². The van der Waals surface area contributed by atoms with Crippen molar-refractivity contribution < 1.29 is 21.6 Å². The van der Waals surface area contributed by atoms with Gasteiger partial charge in [0.15, 0.2) is 0 Å². The van der Waals surface area contributed by atoms with E-state index < -0.39 is 22.6 Å². The second-order valence-corrected chi connectivity index (χ2v) is 16.4. The lowest BCUT2D eigenvalue weighted by atomic mass is 10.0. The number of benzene rings is 1. The summed E-state index contributed by atoms with van der Waals surface area (Å²) in [5.41, 5.74) is 5.06. The van der Waals surface area contributed by atoms with E-state index in [1.54, 1.807) is 17.3 Å². The number of nitrogens with one attached hydrogen (secondary N) is 1. The van der Waals surface area contributed by atoms with Gasteiger partial charge in [0.2, 0.25) is 10.0 Å². The molecule has 0 bridgehead atoms. The second kappa shape index (κ2) is 13.3. The van der Waals surface area contributed by atoms with Crippen LogP contribution in [-0.4, -0.2) is 101 Å². The van der Waals surface area contributed by atoms with Gasteiger partial charge in [-0.3, -0.25) is 9.80 Å². The predicted octanol–water partition coefficient (Wildman–Crippen LogP) is 5.72. The highest BCUT2D eigenvalue weighted by atomic mass is 32.2. The Balaban J connectivity index is 1.07. The van der Waals surface area contributed by atoms with Gasteiger partial charge < -0.3 is 9.88 Å². The Hall–Kier alpha value is -2.78.